The van der Waals surface area contributed by atoms with Crippen molar-refractivity contribution in [2.45, 2.75) is 12.5 Å². The van der Waals surface area contributed by atoms with Crippen LogP contribution in [0.4, 0.5) is 8.78 Å². The van der Waals surface area contributed by atoms with Gasteiger partial charge in [0, 0.05) is 23.5 Å². The van der Waals surface area contributed by atoms with Crippen molar-refractivity contribution >= 4 is 11.0 Å². The van der Waals surface area contributed by atoms with E-state index in [0.717, 1.165) is 16.5 Å². The number of nitrogens with one attached hydrogen (secondary N) is 1. The Balaban J connectivity index is 2.24. The quantitative estimate of drug-likeness (QED) is 0.843. The van der Waals surface area contributed by atoms with Gasteiger partial charge in [0.2, 0.25) is 0 Å². The van der Waals surface area contributed by atoms with Crippen LogP contribution in [0.15, 0.2) is 34.9 Å². The van der Waals surface area contributed by atoms with Crippen LogP contribution in [0.1, 0.15) is 11.6 Å². The maximum absolute atomic E-state index is 12.2. The average Bonchev–Trinajstić information content (AvgIpc) is 2.74. The smallest absolute Gasteiger partial charge is 0.250 e. The summed E-state index contributed by atoms with van der Waals surface area (Å²) in [5.41, 5.74) is 7.15. The van der Waals surface area contributed by atoms with Gasteiger partial charge in [-0.1, -0.05) is 18.2 Å². The maximum atomic E-state index is 12.2. The molecule has 5 heteroatoms. The number of alkyl halides is 2. The fourth-order valence-corrected chi connectivity index (χ4v) is 1.82. The molecule has 3 N–H and O–H groups in total. The summed E-state index contributed by atoms with van der Waals surface area (Å²) in [5, 5.41) is 3.64. The fourth-order valence-electron chi connectivity index (χ4n) is 1.82. The minimum absolute atomic E-state index is 0.246. The molecule has 1 aromatic heterocycles. The first-order valence-electron chi connectivity index (χ1n) is 5.40. The highest BCUT2D eigenvalue weighted by Crippen LogP contribution is 2.25. The lowest BCUT2D eigenvalue weighted by Gasteiger charge is -2.15. The van der Waals surface area contributed by atoms with E-state index in [1.165, 1.54) is 0 Å². The molecule has 0 fully saturated rings. The lowest BCUT2D eigenvalue weighted by molar-refractivity contribution is 0.141. The van der Waals surface area contributed by atoms with Crippen molar-refractivity contribution in [3.05, 3.63) is 36.1 Å². The van der Waals surface area contributed by atoms with Crippen molar-refractivity contribution in [2.24, 2.45) is 5.73 Å². The standard InChI is InChI=1S/C12H14F2N2O/c13-12(14)6-16-10(5-15)9-7-17-11-4-2-1-3-8(9)11/h1-4,7,10,12,16H,5-6,15H2. The number of para-hydroxylation sites is 1. The molecule has 0 amide bonds. The SMILES string of the molecule is NCC(NCC(F)F)c1coc2ccccc12. The van der Waals surface area contributed by atoms with Crippen molar-refractivity contribution in [1.82, 2.24) is 5.32 Å². The van der Waals surface area contributed by atoms with E-state index in [-0.39, 0.29) is 19.1 Å². The lowest BCUT2D eigenvalue weighted by atomic mass is 10.1. The molecule has 0 spiro atoms. The predicted octanol–water partition coefficient (Wildman–Crippen LogP) is 2.29. The highest BCUT2D eigenvalue weighted by atomic mass is 19.3. The number of rotatable bonds is 5. The molecule has 3 nitrogen and oxygen atoms in total. The fraction of sp³-hybridized carbons (Fsp3) is 0.333. The summed E-state index contributed by atoms with van der Waals surface area (Å²) in [6, 6.07) is 7.15. The van der Waals surface area contributed by atoms with Crippen LogP contribution in [0.3, 0.4) is 0 Å². The first-order valence-corrected chi connectivity index (χ1v) is 5.40. The van der Waals surface area contributed by atoms with Crippen LogP contribution in [0.2, 0.25) is 0 Å². The van der Waals surface area contributed by atoms with E-state index >= 15 is 0 Å². The van der Waals surface area contributed by atoms with Gasteiger partial charge in [0.1, 0.15) is 5.58 Å². The summed E-state index contributed by atoms with van der Waals surface area (Å²) >= 11 is 0. The molecule has 1 heterocycles. The Morgan fingerprint density at radius 1 is 1.29 bits per heavy atom. The van der Waals surface area contributed by atoms with Gasteiger partial charge in [-0.05, 0) is 6.07 Å². The van der Waals surface area contributed by atoms with Crippen LogP contribution in [-0.4, -0.2) is 19.5 Å². The van der Waals surface area contributed by atoms with Gasteiger partial charge in [-0.25, -0.2) is 8.78 Å². The van der Waals surface area contributed by atoms with E-state index < -0.39 is 6.43 Å². The summed E-state index contributed by atoms with van der Waals surface area (Å²) in [4.78, 5) is 0. The summed E-state index contributed by atoms with van der Waals surface area (Å²) in [7, 11) is 0. The van der Waals surface area contributed by atoms with Crippen LogP contribution >= 0.6 is 0 Å². The molecule has 0 bridgehead atoms. The van der Waals surface area contributed by atoms with Gasteiger partial charge in [0.15, 0.2) is 0 Å². The molecule has 1 aromatic carbocycles. The molecule has 0 aliphatic carbocycles. The molecule has 0 saturated heterocycles. The van der Waals surface area contributed by atoms with E-state index in [2.05, 4.69) is 5.32 Å². The zero-order chi connectivity index (χ0) is 12.3. The van der Waals surface area contributed by atoms with Crippen LogP contribution in [0, 0.1) is 0 Å². The molecule has 2 aromatic rings. The second-order valence-corrected chi connectivity index (χ2v) is 3.77. The minimum atomic E-state index is -2.39. The lowest BCUT2D eigenvalue weighted by Crippen LogP contribution is -2.31. The third-order valence-electron chi connectivity index (χ3n) is 2.64. The van der Waals surface area contributed by atoms with E-state index in [1.54, 1.807) is 6.26 Å². The Bertz CT molecular complexity index is 484. The van der Waals surface area contributed by atoms with Gasteiger partial charge in [0.05, 0.1) is 12.8 Å². The number of furan rings is 1. The Morgan fingerprint density at radius 3 is 2.76 bits per heavy atom. The molecule has 2 rings (SSSR count). The summed E-state index contributed by atoms with van der Waals surface area (Å²) in [6.07, 6.45) is -0.817. The van der Waals surface area contributed by atoms with Crippen molar-refractivity contribution in [1.29, 1.82) is 0 Å². The van der Waals surface area contributed by atoms with E-state index in [4.69, 9.17) is 10.2 Å². The van der Waals surface area contributed by atoms with Gasteiger partial charge in [-0.3, -0.25) is 0 Å². The average molecular weight is 240 g/mol. The number of halogens is 2. The van der Waals surface area contributed by atoms with Gasteiger partial charge in [-0.2, -0.15) is 0 Å². The molecule has 0 aliphatic rings. The van der Waals surface area contributed by atoms with Crippen molar-refractivity contribution in [2.75, 3.05) is 13.1 Å². The minimum Gasteiger partial charge on any atom is -0.464 e. The molecule has 1 unspecified atom stereocenters. The highest BCUT2D eigenvalue weighted by molar-refractivity contribution is 5.81. The van der Waals surface area contributed by atoms with Crippen LogP contribution in [0.25, 0.3) is 11.0 Å². The summed E-state index contributed by atoms with van der Waals surface area (Å²) in [6.45, 7) is -0.127. The van der Waals surface area contributed by atoms with Gasteiger partial charge in [0.25, 0.3) is 6.43 Å². The van der Waals surface area contributed by atoms with Gasteiger partial charge in [-0.15, -0.1) is 0 Å². The number of hydrogen-bond acceptors (Lipinski definition) is 3. The highest BCUT2D eigenvalue weighted by Gasteiger charge is 2.16. The second kappa shape index (κ2) is 5.25. The monoisotopic (exact) mass is 240 g/mol. The molecular weight excluding hydrogens is 226 g/mol. The van der Waals surface area contributed by atoms with Gasteiger partial charge < -0.3 is 15.5 Å². The van der Waals surface area contributed by atoms with Crippen molar-refractivity contribution in [3.63, 3.8) is 0 Å². The maximum Gasteiger partial charge on any atom is 0.250 e. The Kier molecular flexibility index (Phi) is 3.71. The first-order chi connectivity index (χ1) is 8.22. The molecule has 92 valence electrons. The van der Waals surface area contributed by atoms with Crippen LogP contribution < -0.4 is 11.1 Å². The number of hydrogen-bond donors (Lipinski definition) is 2. The van der Waals surface area contributed by atoms with Crippen molar-refractivity contribution < 1.29 is 13.2 Å². The van der Waals surface area contributed by atoms with Crippen molar-refractivity contribution in [3.8, 4) is 0 Å². The predicted molar refractivity (Wildman–Crippen MR) is 62.0 cm³/mol. The third-order valence-corrected chi connectivity index (χ3v) is 2.64. The topological polar surface area (TPSA) is 51.2 Å². The van der Waals surface area contributed by atoms with E-state index in [9.17, 15) is 8.78 Å². The summed E-state index contributed by atoms with van der Waals surface area (Å²) in [5.74, 6) is 0. The molecule has 0 radical (unpaired) electrons. The van der Waals surface area contributed by atoms with E-state index in [0.29, 0.717) is 0 Å². The number of nitrogens with two attached hydrogens (primary N) is 1. The largest absolute Gasteiger partial charge is 0.464 e. The Labute approximate surface area is 97.6 Å². The Morgan fingerprint density at radius 2 is 2.06 bits per heavy atom. The Hall–Kier alpha value is -1.46. The zero-order valence-corrected chi connectivity index (χ0v) is 9.20. The molecule has 0 saturated carbocycles. The van der Waals surface area contributed by atoms with Gasteiger partial charge >= 0.3 is 0 Å². The number of fused-ring (bicyclic) bond motifs is 1. The molecule has 17 heavy (non-hydrogen) atoms. The second-order valence-electron chi connectivity index (χ2n) is 3.77. The normalized spacial score (nSPS) is 13.4. The van der Waals surface area contributed by atoms with E-state index in [1.807, 2.05) is 24.3 Å². The van der Waals surface area contributed by atoms with Crippen LogP contribution in [-0.2, 0) is 0 Å². The zero-order valence-electron chi connectivity index (χ0n) is 9.20. The number of benzene rings is 1. The third kappa shape index (κ3) is 2.62. The molecular formula is C12H14F2N2O. The first kappa shape index (κ1) is 12.0. The molecule has 0 aliphatic heterocycles. The summed E-state index contributed by atoms with van der Waals surface area (Å²) < 4.78 is 29.7. The van der Waals surface area contributed by atoms with Crippen LogP contribution in [0.5, 0.6) is 0 Å². The molecule has 1 atom stereocenters.